The second-order valence-electron chi connectivity index (χ2n) is 3.35. The van der Waals surface area contributed by atoms with Crippen molar-refractivity contribution in [3.63, 3.8) is 0 Å². The average Bonchev–Trinajstić information content (AvgIpc) is 2.24. The summed E-state index contributed by atoms with van der Waals surface area (Å²) in [7, 11) is -3.36. The average molecular weight is 391 g/mol. The maximum absolute atomic E-state index is 11.8. The second kappa shape index (κ2) is 8.25. The first-order valence-electron chi connectivity index (χ1n) is 5.01. The highest BCUT2D eigenvalue weighted by molar-refractivity contribution is 14.1. The summed E-state index contributed by atoms with van der Waals surface area (Å²) in [5.41, 5.74) is 5.33. The highest BCUT2D eigenvalue weighted by Gasteiger charge is 2.12. The van der Waals surface area contributed by atoms with Gasteiger partial charge in [-0.25, -0.2) is 13.1 Å². The van der Waals surface area contributed by atoms with E-state index in [9.17, 15) is 8.42 Å². The molecule has 0 bridgehead atoms. The summed E-state index contributed by atoms with van der Waals surface area (Å²) in [6.07, 6.45) is 1.59. The van der Waals surface area contributed by atoms with E-state index in [2.05, 4.69) is 27.3 Å². The molecular weight excluding hydrogens is 375 g/mol. The number of hydrogen-bond donors (Lipinski definition) is 2. The van der Waals surface area contributed by atoms with Crippen LogP contribution in [0.5, 0.6) is 0 Å². The van der Waals surface area contributed by atoms with Crippen molar-refractivity contribution >= 4 is 45.0 Å². The Morgan fingerprint density at radius 3 is 2.59 bits per heavy atom. The number of rotatable bonds is 6. The van der Waals surface area contributed by atoms with Gasteiger partial charge in [0.05, 0.1) is 4.90 Å². The Hall–Kier alpha value is 0.110. The Morgan fingerprint density at radius 2 is 2.00 bits per heavy atom. The van der Waals surface area contributed by atoms with Crippen LogP contribution in [0.3, 0.4) is 0 Å². The lowest BCUT2D eigenvalue weighted by atomic mass is 10.3. The van der Waals surface area contributed by atoms with E-state index in [0.717, 1.165) is 16.4 Å². The van der Waals surface area contributed by atoms with Gasteiger partial charge in [0.15, 0.2) is 0 Å². The van der Waals surface area contributed by atoms with E-state index < -0.39 is 10.0 Å². The lowest BCUT2D eigenvalue weighted by molar-refractivity contribution is 0.577. The molecule has 0 saturated carbocycles. The standard InChI is InChI=1S/C10H15IN2O2S.ClH/c11-9-4-3-5-10(8-9)16(14,15)13-7-2-1-6-12;/h3-5,8,13H,1-2,6-7,12H2;1H. The Kier molecular flexibility index (Phi) is 8.31. The van der Waals surface area contributed by atoms with Crippen LogP contribution in [0.4, 0.5) is 0 Å². The van der Waals surface area contributed by atoms with Crippen LogP contribution in [0, 0.1) is 3.57 Å². The summed E-state index contributed by atoms with van der Waals surface area (Å²) in [4.78, 5) is 0.312. The number of nitrogens with one attached hydrogen (secondary N) is 1. The fourth-order valence-corrected chi connectivity index (χ4v) is 3.07. The molecule has 0 saturated heterocycles. The van der Waals surface area contributed by atoms with Crippen LogP contribution < -0.4 is 10.5 Å². The summed E-state index contributed by atoms with van der Waals surface area (Å²) < 4.78 is 27.1. The van der Waals surface area contributed by atoms with Crippen molar-refractivity contribution in [1.29, 1.82) is 0 Å². The van der Waals surface area contributed by atoms with Gasteiger partial charge >= 0.3 is 0 Å². The van der Waals surface area contributed by atoms with Gasteiger partial charge in [-0.15, -0.1) is 12.4 Å². The molecule has 1 aromatic rings. The number of sulfonamides is 1. The molecule has 0 heterocycles. The monoisotopic (exact) mass is 390 g/mol. The number of benzene rings is 1. The number of nitrogens with two attached hydrogens (primary N) is 1. The molecule has 0 amide bonds. The molecule has 0 unspecified atom stereocenters. The van der Waals surface area contributed by atoms with Crippen molar-refractivity contribution in [2.24, 2.45) is 5.73 Å². The van der Waals surface area contributed by atoms with Crippen LogP contribution in [0.2, 0.25) is 0 Å². The fraction of sp³-hybridized carbons (Fsp3) is 0.400. The lowest BCUT2D eigenvalue weighted by Gasteiger charge is -2.06. The number of unbranched alkanes of at least 4 members (excludes halogenated alkanes) is 1. The van der Waals surface area contributed by atoms with Gasteiger partial charge in [-0.3, -0.25) is 0 Å². The van der Waals surface area contributed by atoms with E-state index in [0.29, 0.717) is 18.0 Å². The van der Waals surface area contributed by atoms with Crippen LogP contribution in [-0.2, 0) is 10.0 Å². The molecule has 1 aromatic carbocycles. The van der Waals surface area contributed by atoms with Crippen LogP contribution in [-0.4, -0.2) is 21.5 Å². The third kappa shape index (κ3) is 6.01. The maximum Gasteiger partial charge on any atom is 0.240 e. The van der Waals surface area contributed by atoms with Crippen molar-refractivity contribution in [2.45, 2.75) is 17.7 Å². The molecule has 0 aromatic heterocycles. The topological polar surface area (TPSA) is 72.2 Å². The third-order valence-corrected chi connectivity index (χ3v) is 4.16. The zero-order valence-electron chi connectivity index (χ0n) is 9.23. The highest BCUT2D eigenvalue weighted by atomic mass is 127. The van der Waals surface area contributed by atoms with E-state index in [1.165, 1.54) is 0 Å². The molecule has 17 heavy (non-hydrogen) atoms. The normalized spacial score (nSPS) is 10.9. The smallest absolute Gasteiger partial charge is 0.240 e. The molecule has 7 heteroatoms. The summed E-state index contributed by atoms with van der Waals surface area (Å²) in [5.74, 6) is 0. The number of hydrogen-bond acceptors (Lipinski definition) is 3. The molecule has 0 fully saturated rings. The molecule has 1 rings (SSSR count). The summed E-state index contributed by atoms with van der Waals surface area (Å²) in [6.45, 7) is 1.02. The fourth-order valence-electron chi connectivity index (χ4n) is 1.19. The molecule has 0 aliphatic carbocycles. The van der Waals surface area contributed by atoms with E-state index in [1.54, 1.807) is 18.2 Å². The van der Waals surface area contributed by atoms with Crippen LogP contribution >= 0.6 is 35.0 Å². The molecule has 3 N–H and O–H groups in total. The van der Waals surface area contributed by atoms with Crippen molar-refractivity contribution in [3.8, 4) is 0 Å². The quantitative estimate of drug-likeness (QED) is 0.574. The summed E-state index contributed by atoms with van der Waals surface area (Å²) in [5, 5.41) is 0. The molecular formula is C10H16ClIN2O2S. The van der Waals surface area contributed by atoms with Crippen molar-refractivity contribution in [2.75, 3.05) is 13.1 Å². The van der Waals surface area contributed by atoms with Gasteiger partial charge < -0.3 is 5.73 Å². The third-order valence-electron chi connectivity index (χ3n) is 2.03. The molecule has 0 spiro atoms. The van der Waals surface area contributed by atoms with Crippen molar-refractivity contribution in [3.05, 3.63) is 27.8 Å². The number of halogens is 2. The van der Waals surface area contributed by atoms with Gasteiger partial charge in [-0.05, 0) is 60.2 Å². The van der Waals surface area contributed by atoms with Crippen molar-refractivity contribution in [1.82, 2.24) is 4.72 Å². The van der Waals surface area contributed by atoms with Crippen molar-refractivity contribution < 1.29 is 8.42 Å². The summed E-state index contributed by atoms with van der Waals surface area (Å²) in [6, 6.07) is 6.82. The molecule has 0 radical (unpaired) electrons. The minimum absolute atomic E-state index is 0. The Bertz CT molecular complexity index is 440. The molecule has 0 aliphatic rings. The molecule has 4 nitrogen and oxygen atoms in total. The highest BCUT2D eigenvalue weighted by Crippen LogP contribution is 2.12. The first kappa shape index (κ1) is 17.1. The Labute approximate surface area is 122 Å². The van der Waals surface area contributed by atoms with Crippen LogP contribution in [0.1, 0.15) is 12.8 Å². The maximum atomic E-state index is 11.8. The summed E-state index contributed by atoms with van der Waals surface area (Å²) >= 11 is 2.09. The van der Waals surface area contributed by atoms with Gasteiger partial charge in [0.2, 0.25) is 10.0 Å². The zero-order chi connectivity index (χ0) is 12.0. The molecule has 98 valence electrons. The second-order valence-corrected chi connectivity index (χ2v) is 6.36. The van der Waals surface area contributed by atoms with Crippen LogP contribution in [0.25, 0.3) is 0 Å². The van der Waals surface area contributed by atoms with E-state index in [4.69, 9.17) is 5.73 Å². The van der Waals surface area contributed by atoms with E-state index in [-0.39, 0.29) is 12.4 Å². The molecule has 0 aliphatic heterocycles. The predicted octanol–water partition coefficient (Wildman–Crippen LogP) is 1.73. The van der Waals surface area contributed by atoms with Gasteiger partial charge in [0, 0.05) is 10.1 Å². The Morgan fingerprint density at radius 1 is 1.29 bits per heavy atom. The van der Waals surface area contributed by atoms with Gasteiger partial charge in [0.1, 0.15) is 0 Å². The van der Waals surface area contributed by atoms with Gasteiger partial charge in [-0.2, -0.15) is 0 Å². The minimum atomic E-state index is -3.36. The lowest BCUT2D eigenvalue weighted by Crippen LogP contribution is -2.25. The minimum Gasteiger partial charge on any atom is -0.330 e. The zero-order valence-corrected chi connectivity index (χ0v) is 13.0. The van der Waals surface area contributed by atoms with Crippen LogP contribution in [0.15, 0.2) is 29.2 Å². The Balaban J connectivity index is 0.00000256. The van der Waals surface area contributed by atoms with E-state index in [1.807, 2.05) is 6.07 Å². The largest absolute Gasteiger partial charge is 0.330 e. The predicted molar refractivity (Wildman–Crippen MR) is 79.9 cm³/mol. The molecule has 0 atom stereocenters. The SMILES string of the molecule is Cl.NCCCCNS(=O)(=O)c1cccc(I)c1. The van der Waals surface area contributed by atoms with E-state index >= 15 is 0 Å². The van der Waals surface area contributed by atoms with Gasteiger partial charge in [-0.1, -0.05) is 6.07 Å². The van der Waals surface area contributed by atoms with Gasteiger partial charge in [0.25, 0.3) is 0 Å². The first-order chi connectivity index (χ1) is 7.56. The first-order valence-corrected chi connectivity index (χ1v) is 7.58.